The Balaban J connectivity index is 4.52. The van der Waals surface area contributed by atoms with Crippen LogP contribution in [0.5, 0.6) is 0 Å². The minimum atomic E-state index is -0.146. The van der Waals surface area contributed by atoms with Crippen molar-refractivity contribution in [2.75, 3.05) is 13.1 Å². The first kappa shape index (κ1) is 12.0. The first-order chi connectivity index (χ1) is 6.08. The smallest absolute Gasteiger partial charge is 0.225 e. The van der Waals surface area contributed by atoms with Crippen molar-refractivity contribution in [1.29, 1.82) is 0 Å². The van der Waals surface area contributed by atoms with Crippen LogP contribution < -0.4 is 0 Å². The molecule has 0 N–H and O–H groups in total. The van der Waals surface area contributed by atoms with E-state index in [-0.39, 0.29) is 11.0 Å². The second-order valence-electron chi connectivity index (χ2n) is 2.44. The Kier molecular flexibility index (Phi) is 5.22. The highest BCUT2D eigenvalue weighted by Gasteiger charge is 2.16. The molecule has 0 heterocycles. The predicted octanol–water partition coefficient (Wildman–Crippen LogP) is 0.618. The van der Waals surface area contributed by atoms with Gasteiger partial charge < -0.3 is 0 Å². The third-order valence-electron chi connectivity index (χ3n) is 1.64. The zero-order valence-electron chi connectivity index (χ0n) is 8.11. The van der Waals surface area contributed by atoms with E-state index in [1.807, 2.05) is 6.92 Å². The van der Waals surface area contributed by atoms with Crippen LogP contribution in [-0.2, 0) is 9.59 Å². The maximum atomic E-state index is 11.0. The Bertz CT molecular complexity index is 218. The molecule has 0 aromatic heterocycles. The van der Waals surface area contributed by atoms with Gasteiger partial charge in [0, 0.05) is 20.0 Å². The maximum Gasteiger partial charge on any atom is 0.225 e. The average molecular weight is 202 g/mol. The van der Waals surface area contributed by atoms with Crippen molar-refractivity contribution < 1.29 is 9.59 Å². The van der Waals surface area contributed by atoms with Gasteiger partial charge in [-0.25, -0.2) is 0 Å². The largest absolute Gasteiger partial charge is 0.292 e. The van der Waals surface area contributed by atoms with E-state index < -0.39 is 0 Å². The Hall–Kier alpha value is -0.970. The van der Waals surface area contributed by atoms with E-state index >= 15 is 0 Å². The predicted molar refractivity (Wildman–Crippen MR) is 54.1 cm³/mol. The molecular weight excluding hydrogens is 188 g/mol. The molecule has 0 aromatic carbocycles. The van der Waals surface area contributed by atoms with E-state index in [0.29, 0.717) is 19.5 Å². The summed E-state index contributed by atoms with van der Waals surface area (Å²) in [5.74, 6) is -0.146. The summed E-state index contributed by atoms with van der Waals surface area (Å²) in [5.41, 5.74) is 0. The summed E-state index contributed by atoms with van der Waals surface area (Å²) in [6, 6.07) is 0. The van der Waals surface area contributed by atoms with Crippen molar-refractivity contribution >= 4 is 29.6 Å². The third kappa shape index (κ3) is 3.10. The fourth-order valence-corrected chi connectivity index (χ4v) is 1.33. The van der Waals surface area contributed by atoms with Crippen LogP contribution >= 0.6 is 12.2 Å². The molecule has 5 heteroatoms. The lowest BCUT2D eigenvalue weighted by atomic mass is 10.5. The first-order valence-corrected chi connectivity index (χ1v) is 4.53. The van der Waals surface area contributed by atoms with Crippen LogP contribution in [0.3, 0.4) is 0 Å². The number of amides is 2. The van der Waals surface area contributed by atoms with Crippen LogP contribution in [0.4, 0.5) is 0 Å². The summed E-state index contributed by atoms with van der Waals surface area (Å²) in [6.07, 6.45) is 0.633. The van der Waals surface area contributed by atoms with E-state index in [1.165, 1.54) is 16.7 Å². The fraction of sp³-hybridized carbons (Fsp3) is 0.625. The second kappa shape index (κ2) is 5.64. The van der Waals surface area contributed by atoms with Gasteiger partial charge in [0.25, 0.3) is 0 Å². The fourth-order valence-electron chi connectivity index (χ4n) is 0.903. The molecule has 0 saturated heterocycles. The third-order valence-corrected chi connectivity index (χ3v) is 2.10. The number of carbonyl (C=O) groups excluding carboxylic acids is 2. The number of thiocarbonyl (C=S) groups is 1. The molecule has 0 bridgehead atoms. The lowest BCUT2D eigenvalue weighted by molar-refractivity contribution is -0.125. The molecule has 0 rings (SSSR count). The zero-order valence-corrected chi connectivity index (χ0v) is 8.93. The van der Waals surface area contributed by atoms with Crippen molar-refractivity contribution in [2.24, 2.45) is 0 Å². The Morgan fingerprint density at radius 1 is 1.38 bits per heavy atom. The summed E-state index contributed by atoms with van der Waals surface area (Å²) >= 11 is 4.97. The van der Waals surface area contributed by atoms with Gasteiger partial charge in [-0.3, -0.25) is 19.4 Å². The topological polar surface area (TPSA) is 40.6 Å². The molecule has 13 heavy (non-hydrogen) atoms. The van der Waals surface area contributed by atoms with Gasteiger partial charge in [-0.05, 0) is 26.1 Å². The lowest BCUT2D eigenvalue weighted by Gasteiger charge is -2.25. The van der Waals surface area contributed by atoms with Gasteiger partial charge in [-0.15, -0.1) is 0 Å². The van der Waals surface area contributed by atoms with Crippen LogP contribution in [0.1, 0.15) is 20.8 Å². The SMILES string of the molecule is CCN(C=O)C(=S)N(CC)C(C)=O. The maximum absolute atomic E-state index is 11.0. The Morgan fingerprint density at radius 2 is 1.92 bits per heavy atom. The molecule has 0 aliphatic rings. The van der Waals surface area contributed by atoms with Crippen molar-refractivity contribution in [2.45, 2.75) is 20.8 Å². The van der Waals surface area contributed by atoms with Crippen molar-refractivity contribution in [3.8, 4) is 0 Å². The quantitative estimate of drug-likeness (QED) is 0.497. The van der Waals surface area contributed by atoms with Crippen LogP contribution in [-0.4, -0.2) is 40.3 Å². The Morgan fingerprint density at radius 3 is 2.15 bits per heavy atom. The summed E-state index contributed by atoms with van der Waals surface area (Å²) < 4.78 is 0. The molecule has 0 aromatic rings. The molecule has 0 aliphatic carbocycles. The van der Waals surface area contributed by atoms with Crippen molar-refractivity contribution in [3.05, 3.63) is 0 Å². The first-order valence-electron chi connectivity index (χ1n) is 4.12. The average Bonchev–Trinajstić information content (AvgIpc) is 2.07. The standard InChI is InChI=1S/C8H14N2O2S/c1-4-9(6-11)8(13)10(5-2)7(3)12/h6H,4-5H2,1-3H3. The number of rotatable bonds is 3. The van der Waals surface area contributed by atoms with Crippen molar-refractivity contribution in [1.82, 2.24) is 9.80 Å². The van der Waals surface area contributed by atoms with E-state index in [2.05, 4.69) is 0 Å². The van der Waals surface area contributed by atoms with Crippen LogP contribution in [0.2, 0.25) is 0 Å². The molecule has 4 nitrogen and oxygen atoms in total. The molecule has 0 aliphatic heterocycles. The van der Waals surface area contributed by atoms with Gasteiger partial charge in [-0.2, -0.15) is 0 Å². The van der Waals surface area contributed by atoms with Gasteiger partial charge in [0.2, 0.25) is 12.3 Å². The van der Waals surface area contributed by atoms with Gasteiger partial charge >= 0.3 is 0 Å². The van der Waals surface area contributed by atoms with E-state index in [0.717, 1.165) is 0 Å². The van der Waals surface area contributed by atoms with Gasteiger partial charge in [0.1, 0.15) is 0 Å². The number of carbonyl (C=O) groups is 2. The molecule has 0 fully saturated rings. The lowest BCUT2D eigenvalue weighted by Crippen LogP contribution is -2.44. The highest BCUT2D eigenvalue weighted by atomic mass is 32.1. The zero-order chi connectivity index (χ0) is 10.4. The molecule has 0 unspecified atom stereocenters. The minimum absolute atomic E-state index is 0.146. The molecule has 0 atom stereocenters. The second-order valence-corrected chi connectivity index (χ2v) is 2.80. The minimum Gasteiger partial charge on any atom is -0.292 e. The highest BCUT2D eigenvalue weighted by Crippen LogP contribution is 1.97. The van der Waals surface area contributed by atoms with Gasteiger partial charge in [0.05, 0.1) is 0 Å². The number of hydrogen-bond acceptors (Lipinski definition) is 3. The molecule has 0 spiro atoms. The monoisotopic (exact) mass is 202 g/mol. The molecule has 0 saturated carbocycles. The summed E-state index contributed by atoms with van der Waals surface area (Å²) in [7, 11) is 0. The summed E-state index contributed by atoms with van der Waals surface area (Å²) in [6.45, 7) is 6.00. The molecule has 2 amide bonds. The Labute approximate surface area is 83.5 Å². The normalized spacial score (nSPS) is 9.15. The molecule has 74 valence electrons. The van der Waals surface area contributed by atoms with Crippen LogP contribution in [0, 0.1) is 0 Å². The van der Waals surface area contributed by atoms with E-state index in [4.69, 9.17) is 12.2 Å². The highest BCUT2D eigenvalue weighted by molar-refractivity contribution is 7.80. The summed E-state index contributed by atoms with van der Waals surface area (Å²) in [4.78, 5) is 24.3. The number of hydrogen-bond donors (Lipinski definition) is 0. The van der Waals surface area contributed by atoms with Crippen LogP contribution in [0.15, 0.2) is 0 Å². The molecule has 0 radical (unpaired) electrons. The van der Waals surface area contributed by atoms with Crippen LogP contribution in [0.25, 0.3) is 0 Å². The van der Waals surface area contributed by atoms with Gasteiger partial charge in [-0.1, -0.05) is 0 Å². The summed E-state index contributed by atoms with van der Waals surface area (Å²) in [5, 5.41) is 0.271. The van der Waals surface area contributed by atoms with Crippen molar-refractivity contribution in [3.63, 3.8) is 0 Å². The van der Waals surface area contributed by atoms with Gasteiger partial charge in [0.15, 0.2) is 5.11 Å². The van der Waals surface area contributed by atoms with E-state index in [1.54, 1.807) is 6.92 Å². The van der Waals surface area contributed by atoms with E-state index in [9.17, 15) is 9.59 Å². The molecular formula is C8H14N2O2S. The number of nitrogens with zero attached hydrogens (tertiary/aromatic N) is 2.